The van der Waals surface area contributed by atoms with Crippen LogP contribution in [0.25, 0.3) is 0 Å². The van der Waals surface area contributed by atoms with Gasteiger partial charge >= 0.3 is 5.97 Å². The van der Waals surface area contributed by atoms with Crippen LogP contribution in [0.1, 0.15) is 13.3 Å². The number of nitro benzene ring substituents is 1. The Morgan fingerprint density at radius 3 is 2.57 bits per heavy atom. The number of anilines is 1. The van der Waals surface area contributed by atoms with Crippen LogP contribution in [0.3, 0.4) is 0 Å². The minimum Gasteiger partial charge on any atom is -0.455 e. The lowest BCUT2D eigenvalue weighted by Gasteiger charge is -2.11. The maximum absolute atomic E-state index is 11.8. The quantitative estimate of drug-likeness (QED) is 0.365. The van der Waals surface area contributed by atoms with E-state index in [9.17, 15) is 19.7 Å². The average Bonchev–Trinajstić information content (AvgIpc) is 2.98. The molecule has 1 aromatic rings. The highest BCUT2D eigenvalue weighted by atomic mass is 35.5. The Morgan fingerprint density at radius 1 is 1.43 bits per heavy atom. The number of carbonyl (C=O) groups excluding carboxylic acids is 2. The number of rotatable bonds is 5. The smallest absolute Gasteiger partial charge is 0.315 e. The van der Waals surface area contributed by atoms with E-state index in [2.05, 4.69) is 5.32 Å². The summed E-state index contributed by atoms with van der Waals surface area (Å²) in [5.41, 5.74) is -1.22. The Balaban J connectivity index is 1.92. The summed E-state index contributed by atoms with van der Waals surface area (Å²) in [7, 11) is 0. The first kappa shape index (κ1) is 17.8. The molecule has 1 saturated carbocycles. The number of amides is 1. The van der Waals surface area contributed by atoms with Crippen molar-refractivity contribution < 1.29 is 19.2 Å². The molecular weight excluding hydrogens is 371 g/mol. The molecule has 0 spiro atoms. The summed E-state index contributed by atoms with van der Waals surface area (Å²) < 4.78 is 3.68. The molecule has 1 aliphatic carbocycles. The van der Waals surface area contributed by atoms with Gasteiger partial charge in [-0.1, -0.05) is 11.6 Å². The summed E-state index contributed by atoms with van der Waals surface area (Å²) >= 11 is 17.3. The second-order valence-electron chi connectivity index (χ2n) is 5.26. The van der Waals surface area contributed by atoms with Crippen LogP contribution in [0.2, 0.25) is 5.02 Å². The highest BCUT2D eigenvalue weighted by molar-refractivity contribution is 6.53. The first-order chi connectivity index (χ1) is 10.6. The molecule has 2 rings (SSSR count). The van der Waals surface area contributed by atoms with E-state index in [0.29, 0.717) is 0 Å². The topological polar surface area (TPSA) is 98.5 Å². The summed E-state index contributed by atoms with van der Waals surface area (Å²) in [6.45, 7) is 0.977. The first-order valence-electron chi connectivity index (χ1n) is 6.36. The van der Waals surface area contributed by atoms with Crippen molar-refractivity contribution in [1.82, 2.24) is 0 Å². The summed E-state index contributed by atoms with van der Waals surface area (Å²) in [5, 5.41) is 13.1. The Hall–Kier alpha value is -1.57. The molecule has 7 nitrogen and oxygen atoms in total. The maximum Gasteiger partial charge on any atom is 0.315 e. The van der Waals surface area contributed by atoms with Gasteiger partial charge in [-0.3, -0.25) is 19.7 Å². The van der Waals surface area contributed by atoms with Crippen molar-refractivity contribution >= 4 is 58.1 Å². The van der Waals surface area contributed by atoms with Gasteiger partial charge in [-0.15, -0.1) is 23.2 Å². The Labute approximate surface area is 146 Å². The van der Waals surface area contributed by atoms with Crippen LogP contribution in [0, 0.1) is 15.5 Å². The molecule has 0 saturated heterocycles. The molecule has 0 radical (unpaired) electrons. The van der Waals surface area contributed by atoms with Gasteiger partial charge in [0, 0.05) is 18.2 Å². The standard InChI is InChI=1S/C13H11Cl3N2O5/c1-12(6-13(12,15)16)11(20)23-5-10(19)17-7-2-3-8(14)9(4-7)18(21)22/h2-4H,5-6H2,1H3,(H,17,19)/t12-/m0/s1. The number of carbonyl (C=O) groups is 2. The summed E-state index contributed by atoms with van der Waals surface area (Å²) in [5.74, 6) is -1.34. The fourth-order valence-electron chi connectivity index (χ4n) is 1.84. The third-order valence-electron chi connectivity index (χ3n) is 3.47. The lowest BCUT2D eigenvalue weighted by molar-refractivity contribution is -0.384. The van der Waals surface area contributed by atoms with Crippen LogP contribution in [0.4, 0.5) is 11.4 Å². The van der Waals surface area contributed by atoms with Crippen LogP contribution in [0.15, 0.2) is 18.2 Å². The van der Waals surface area contributed by atoms with Gasteiger partial charge in [-0.2, -0.15) is 0 Å². The van der Waals surface area contributed by atoms with E-state index in [1.54, 1.807) is 0 Å². The lowest BCUT2D eigenvalue weighted by Crippen LogP contribution is -2.26. The van der Waals surface area contributed by atoms with Crippen LogP contribution >= 0.6 is 34.8 Å². The minimum atomic E-state index is -1.18. The van der Waals surface area contributed by atoms with E-state index < -0.39 is 33.2 Å². The minimum absolute atomic E-state index is 0.0540. The zero-order valence-corrected chi connectivity index (χ0v) is 14.0. The Morgan fingerprint density at radius 2 is 2.04 bits per heavy atom. The van der Waals surface area contributed by atoms with E-state index in [1.807, 2.05) is 0 Å². The molecule has 0 bridgehead atoms. The predicted octanol–water partition coefficient (Wildman–Crippen LogP) is 3.31. The van der Waals surface area contributed by atoms with Crippen molar-refractivity contribution in [2.75, 3.05) is 11.9 Å². The monoisotopic (exact) mass is 380 g/mol. The fraction of sp³-hybridized carbons (Fsp3) is 0.385. The number of esters is 1. The van der Waals surface area contributed by atoms with Gasteiger partial charge < -0.3 is 10.1 Å². The largest absolute Gasteiger partial charge is 0.455 e. The van der Waals surface area contributed by atoms with E-state index in [0.717, 1.165) is 6.07 Å². The molecular formula is C13H11Cl3N2O5. The number of nitrogens with zero attached hydrogens (tertiary/aromatic N) is 1. The molecule has 23 heavy (non-hydrogen) atoms. The molecule has 1 fully saturated rings. The number of halogens is 3. The van der Waals surface area contributed by atoms with Crippen molar-refractivity contribution in [2.45, 2.75) is 17.7 Å². The van der Waals surface area contributed by atoms with Crippen molar-refractivity contribution in [3.05, 3.63) is 33.3 Å². The van der Waals surface area contributed by atoms with Crippen LogP contribution < -0.4 is 5.32 Å². The summed E-state index contributed by atoms with van der Waals surface area (Å²) in [4.78, 5) is 33.6. The van der Waals surface area contributed by atoms with Gasteiger partial charge in [0.25, 0.3) is 11.6 Å². The molecule has 0 aliphatic heterocycles. The summed E-state index contributed by atoms with van der Waals surface area (Å²) in [6.07, 6.45) is 0.243. The normalized spacial score (nSPS) is 21.4. The maximum atomic E-state index is 11.8. The lowest BCUT2D eigenvalue weighted by atomic mass is 10.1. The van der Waals surface area contributed by atoms with Crippen molar-refractivity contribution in [3.63, 3.8) is 0 Å². The molecule has 124 valence electrons. The molecule has 1 N–H and O–H groups in total. The van der Waals surface area contributed by atoms with E-state index >= 15 is 0 Å². The second-order valence-corrected chi connectivity index (χ2v) is 7.15. The van der Waals surface area contributed by atoms with Crippen LogP contribution in [-0.2, 0) is 14.3 Å². The third kappa shape index (κ3) is 3.68. The number of hydrogen-bond acceptors (Lipinski definition) is 5. The molecule has 0 aromatic heterocycles. The number of hydrogen-bond donors (Lipinski definition) is 1. The molecule has 0 heterocycles. The van der Waals surface area contributed by atoms with Gasteiger partial charge in [-0.05, 0) is 19.1 Å². The Kier molecular flexibility index (Phi) is 4.75. The SMILES string of the molecule is C[C@@]1(C(=O)OCC(=O)Nc2ccc(Cl)c([N+](=O)[O-])c2)CC1(Cl)Cl. The van der Waals surface area contributed by atoms with E-state index in [1.165, 1.54) is 19.1 Å². The van der Waals surface area contributed by atoms with E-state index in [-0.39, 0.29) is 22.8 Å². The van der Waals surface area contributed by atoms with Crippen molar-refractivity contribution in [1.29, 1.82) is 0 Å². The van der Waals surface area contributed by atoms with Crippen LogP contribution in [0.5, 0.6) is 0 Å². The highest BCUT2D eigenvalue weighted by Crippen LogP contribution is 2.64. The number of ether oxygens (including phenoxy) is 1. The van der Waals surface area contributed by atoms with Crippen molar-refractivity contribution in [3.8, 4) is 0 Å². The second kappa shape index (κ2) is 6.14. The zero-order chi connectivity index (χ0) is 17.4. The van der Waals surface area contributed by atoms with Crippen molar-refractivity contribution in [2.24, 2.45) is 5.41 Å². The fourth-order valence-corrected chi connectivity index (χ4v) is 2.71. The molecule has 1 atom stereocenters. The molecule has 1 aromatic carbocycles. The van der Waals surface area contributed by atoms with E-state index in [4.69, 9.17) is 39.5 Å². The van der Waals surface area contributed by atoms with Gasteiger partial charge in [0.2, 0.25) is 0 Å². The first-order valence-corrected chi connectivity index (χ1v) is 7.49. The Bertz CT molecular complexity index is 694. The summed E-state index contributed by atoms with van der Waals surface area (Å²) in [6, 6.07) is 3.77. The molecule has 1 amide bonds. The average molecular weight is 382 g/mol. The highest BCUT2D eigenvalue weighted by Gasteiger charge is 2.69. The van der Waals surface area contributed by atoms with Gasteiger partial charge in [0.1, 0.15) is 14.8 Å². The molecule has 1 aliphatic rings. The van der Waals surface area contributed by atoms with Gasteiger partial charge in [0.05, 0.1) is 4.92 Å². The predicted molar refractivity (Wildman–Crippen MR) is 84.9 cm³/mol. The number of alkyl halides is 2. The van der Waals surface area contributed by atoms with Gasteiger partial charge in [0.15, 0.2) is 6.61 Å². The molecule has 10 heteroatoms. The van der Waals surface area contributed by atoms with Crippen LogP contribution in [-0.4, -0.2) is 27.7 Å². The number of nitrogens with one attached hydrogen (secondary N) is 1. The molecule has 0 unspecified atom stereocenters. The number of benzene rings is 1. The number of nitro groups is 1. The third-order valence-corrected chi connectivity index (χ3v) is 4.89. The van der Waals surface area contributed by atoms with Gasteiger partial charge in [-0.25, -0.2) is 0 Å². The zero-order valence-electron chi connectivity index (χ0n) is 11.8.